The molecule has 0 saturated heterocycles. The molecule has 0 aliphatic rings. The van der Waals surface area contributed by atoms with Gasteiger partial charge in [-0.25, -0.2) is 5.48 Å². The first-order valence-corrected chi connectivity index (χ1v) is 10.7. The van der Waals surface area contributed by atoms with Crippen LogP contribution in [0.15, 0.2) is 79.0 Å². The Labute approximate surface area is 190 Å². The average molecular weight is 450 g/mol. The standard InChI is InChI=1S/C26H24F2N2O3/c27-26(28)33-22-12-10-21(11-13-22)30-17-20(9-6-18-4-2-1-3-5-18)23-16-19(7-14-24(23)30)8-15-25(31)29-32/h1-5,7,10-14,16-17,26,32H,6,8-9,15H2,(H,29,31). The van der Waals surface area contributed by atoms with Crippen LogP contribution in [-0.2, 0) is 24.1 Å². The third-order valence-electron chi connectivity index (χ3n) is 5.58. The second-order valence-corrected chi connectivity index (χ2v) is 7.77. The van der Waals surface area contributed by atoms with Crippen LogP contribution in [0.5, 0.6) is 5.75 Å². The van der Waals surface area contributed by atoms with E-state index in [1.54, 1.807) is 17.6 Å². The molecule has 1 aromatic heterocycles. The Morgan fingerprint density at radius 3 is 2.39 bits per heavy atom. The number of aryl methyl sites for hydroxylation is 3. The molecule has 0 fully saturated rings. The van der Waals surface area contributed by atoms with Gasteiger partial charge < -0.3 is 9.30 Å². The summed E-state index contributed by atoms with van der Waals surface area (Å²) < 4.78 is 31.5. The Balaban J connectivity index is 1.67. The predicted molar refractivity (Wildman–Crippen MR) is 122 cm³/mol. The van der Waals surface area contributed by atoms with Crippen molar-refractivity contribution in [1.82, 2.24) is 10.0 Å². The number of alkyl halides is 2. The fraction of sp³-hybridized carbons (Fsp3) is 0.192. The van der Waals surface area contributed by atoms with E-state index in [0.29, 0.717) is 6.42 Å². The first-order valence-electron chi connectivity index (χ1n) is 10.7. The van der Waals surface area contributed by atoms with Gasteiger partial charge in [-0.1, -0.05) is 36.4 Å². The summed E-state index contributed by atoms with van der Waals surface area (Å²) in [5.41, 5.74) is 6.86. The Bertz CT molecular complexity index is 1220. The smallest absolute Gasteiger partial charge is 0.387 e. The van der Waals surface area contributed by atoms with E-state index in [1.165, 1.54) is 17.7 Å². The molecule has 7 heteroatoms. The number of rotatable bonds is 9. The molecule has 33 heavy (non-hydrogen) atoms. The minimum atomic E-state index is -2.86. The summed E-state index contributed by atoms with van der Waals surface area (Å²) in [5, 5.41) is 9.82. The van der Waals surface area contributed by atoms with Crippen molar-refractivity contribution in [2.45, 2.75) is 32.3 Å². The molecule has 3 aromatic carbocycles. The number of fused-ring (bicyclic) bond motifs is 1. The molecule has 0 aliphatic carbocycles. The van der Waals surface area contributed by atoms with Crippen LogP contribution < -0.4 is 10.2 Å². The summed E-state index contributed by atoms with van der Waals surface area (Å²) in [6.45, 7) is -2.86. The van der Waals surface area contributed by atoms with Crippen molar-refractivity contribution in [3.8, 4) is 11.4 Å². The van der Waals surface area contributed by atoms with Gasteiger partial charge in [0.1, 0.15) is 5.75 Å². The van der Waals surface area contributed by atoms with Crippen LogP contribution in [0.4, 0.5) is 8.78 Å². The maximum atomic E-state index is 12.5. The Kier molecular flexibility index (Phi) is 7.00. The van der Waals surface area contributed by atoms with E-state index in [0.717, 1.165) is 40.6 Å². The van der Waals surface area contributed by atoms with Crippen molar-refractivity contribution in [2.24, 2.45) is 0 Å². The number of benzene rings is 3. The van der Waals surface area contributed by atoms with Crippen LogP contribution in [0.1, 0.15) is 23.1 Å². The van der Waals surface area contributed by atoms with Gasteiger partial charge in [0.2, 0.25) is 5.91 Å². The normalized spacial score (nSPS) is 11.2. The summed E-state index contributed by atoms with van der Waals surface area (Å²) in [6.07, 6.45) is 4.46. The highest BCUT2D eigenvalue weighted by molar-refractivity contribution is 5.86. The van der Waals surface area contributed by atoms with E-state index in [1.807, 2.05) is 34.9 Å². The van der Waals surface area contributed by atoms with Gasteiger partial charge in [-0.15, -0.1) is 0 Å². The van der Waals surface area contributed by atoms with Gasteiger partial charge in [0.15, 0.2) is 0 Å². The third-order valence-corrected chi connectivity index (χ3v) is 5.58. The van der Waals surface area contributed by atoms with Gasteiger partial charge >= 0.3 is 6.61 Å². The SMILES string of the molecule is O=C(CCc1ccc2c(c1)c(CCc1ccccc1)cn2-c1ccc(OC(F)F)cc1)NO. The van der Waals surface area contributed by atoms with E-state index >= 15 is 0 Å². The molecule has 5 nitrogen and oxygen atoms in total. The van der Waals surface area contributed by atoms with Crippen molar-refractivity contribution in [3.63, 3.8) is 0 Å². The molecule has 0 atom stereocenters. The number of amides is 1. The Morgan fingerprint density at radius 2 is 1.70 bits per heavy atom. The van der Waals surface area contributed by atoms with Gasteiger partial charge in [-0.05, 0) is 72.4 Å². The van der Waals surface area contributed by atoms with Gasteiger partial charge in [0.05, 0.1) is 5.52 Å². The highest BCUT2D eigenvalue weighted by atomic mass is 19.3. The summed E-state index contributed by atoms with van der Waals surface area (Å²) in [5.74, 6) is -0.318. The second-order valence-electron chi connectivity index (χ2n) is 7.77. The molecule has 0 radical (unpaired) electrons. The Morgan fingerprint density at radius 1 is 0.939 bits per heavy atom. The fourth-order valence-corrected chi connectivity index (χ4v) is 3.94. The minimum Gasteiger partial charge on any atom is -0.435 e. The maximum absolute atomic E-state index is 12.5. The van der Waals surface area contributed by atoms with Gasteiger partial charge in [-0.3, -0.25) is 10.0 Å². The summed E-state index contributed by atoms with van der Waals surface area (Å²) in [6, 6.07) is 22.8. The summed E-state index contributed by atoms with van der Waals surface area (Å²) >= 11 is 0. The second kappa shape index (κ2) is 10.3. The highest BCUT2D eigenvalue weighted by Gasteiger charge is 2.13. The number of ether oxygens (including phenoxy) is 1. The number of nitrogens with zero attached hydrogens (tertiary/aromatic N) is 1. The van der Waals surface area contributed by atoms with Crippen LogP contribution in [0.25, 0.3) is 16.6 Å². The van der Waals surface area contributed by atoms with Crippen LogP contribution in [-0.4, -0.2) is 22.3 Å². The first kappa shape index (κ1) is 22.5. The number of carbonyl (C=O) groups excluding carboxylic acids is 1. The van der Waals surface area contributed by atoms with Crippen molar-refractivity contribution < 1.29 is 23.5 Å². The molecule has 4 rings (SSSR count). The lowest BCUT2D eigenvalue weighted by Crippen LogP contribution is -2.18. The molecular weight excluding hydrogens is 426 g/mol. The molecule has 1 heterocycles. The van der Waals surface area contributed by atoms with Crippen LogP contribution in [0, 0.1) is 0 Å². The van der Waals surface area contributed by atoms with Crippen molar-refractivity contribution in [2.75, 3.05) is 0 Å². The largest absolute Gasteiger partial charge is 0.435 e. The zero-order valence-corrected chi connectivity index (χ0v) is 17.9. The zero-order chi connectivity index (χ0) is 23.2. The highest BCUT2D eigenvalue weighted by Crippen LogP contribution is 2.29. The average Bonchev–Trinajstić information content (AvgIpc) is 3.20. The maximum Gasteiger partial charge on any atom is 0.387 e. The number of halogens is 2. The van der Waals surface area contributed by atoms with E-state index in [4.69, 9.17) is 5.21 Å². The van der Waals surface area contributed by atoms with E-state index in [9.17, 15) is 13.6 Å². The van der Waals surface area contributed by atoms with Crippen molar-refractivity contribution in [3.05, 3.63) is 95.7 Å². The van der Waals surface area contributed by atoms with Gasteiger partial charge in [0, 0.05) is 23.7 Å². The zero-order valence-electron chi connectivity index (χ0n) is 17.9. The lowest BCUT2D eigenvalue weighted by molar-refractivity contribution is -0.129. The fourth-order valence-electron chi connectivity index (χ4n) is 3.94. The molecule has 0 spiro atoms. The number of hydroxylamine groups is 1. The van der Waals surface area contributed by atoms with Crippen LogP contribution in [0.3, 0.4) is 0 Å². The molecule has 1 amide bonds. The van der Waals surface area contributed by atoms with Crippen LogP contribution >= 0.6 is 0 Å². The molecule has 170 valence electrons. The quantitative estimate of drug-likeness (QED) is 0.263. The van der Waals surface area contributed by atoms with Gasteiger partial charge in [0.25, 0.3) is 0 Å². The van der Waals surface area contributed by atoms with Crippen LogP contribution in [0.2, 0.25) is 0 Å². The molecule has 0 unspecified atom stereocenters. The lowest BCUT2D eigenvalue weighted by atomic mass is 10.0. The Hall–Kier alpha value is -3.71. The summed E-state index contributed by atoms with van der Waals surface area (Å²) in [7, 11) is 0. The van der Waals surface area contributed by atoms with E-state index in [-0.39, 0.29) is 12.2 Å². The van der Waals surface area contributed by atoms with Gasteiger partial charge in [-0.2, -0.15) is 8.78 Å². The number of carbonyl (C=O) groups is 1. The van der Waals surface area contributed by atoms with E-state index in [2.05, 4.69) is 29.1 Å². The number of aromatic nitrogens is 1. The van der Waals surface area contributed by atoms with Crippen molar-refractivity contribution >= 4 is 16.8 Å². The predicted octanol–water partition coefficient (Wildman–Crippen LogP) is 5.46. The first-order chi connectivity index (χ1) is 16.0. The monoisotopic (exact) mass is 450 g/mol. The molecule has 2 N–H and O–H groups in total. The number of hydrogen-bond acceptors (Lipinski definition) is 3. The summed E-state index contributed by atoms with van der Waals surface area (Å²) in [4.78, 5) is 11.4. The number of hydrogen-bond donors (Lipinski definition) is 2. The topological polar surface area (TPSA) is 63.5 Å². The third kappa shape index (κ3) is 5.56. The molecule has 0 bridgehead atoms. The van der Waals surface area contributed by atoms with E-state index < -0.39 is 12.5 Å². The molecule has 0 aliphatic heterocycles. The molecule has 0 saturated carbocycles. The van der Waals surface area contributed by atoms with Crippen molar-refractivity contribution in [1.29, 1.82) is 0 Å². The molecule has 4 aromatic rings. The lowest BCUT2D eigenvalue weighted by Gasteiger charge is -2.08. The minimum absolute atomic E-state index is 0.110. The number of nitrogens with one attached hydrogen (secondary N) is 1. The molecular formula is C26H24F2N2O3.